The summed E-state index contributed by atoms with van der Waals surface area (Å²) in [5.41, 5.74) is 7.51. The molecular formula is C24H16Cl2N6O3. The van der Waals surface area contributed by atoms with Crippen molar-refractivity contribution in [3.63, 3.8) is 0 Å². The average Bonchev–Trinajstić information content (AvgIpc) is 2.84. The molecule has 0 radical (unpaired) electrons. The molecule has 0 fully saturated rings. The standard InChI is InChI=1S/C24H16Cl2N6O3/c1-12-8-20(19-4-2-3-7-28-19)29-18-6-5-14(11-15(12)18)35-21-16(25)9-13(10-17(21)26)32-24(34)30-23(33)22(27)31-32/h2-11H,1H3,(H2,27,31)(H,30,33,34). The Hall–Kier alpha value is -4.21. The van der Waals surface area contributed by atoms with E-state index in [-0.39, 0.29) is 27.3 Å². The van der Waals surface area contributed by atoms with Gasteiger partial charge in [-0.05, 0) is 61.0 Å². The van der Waals surface area contributed by atoms with Gasteiger partial charge < -0.3 is 10.5 Å². The van der Waals surface area contributed by atoms with Crippen LogP contribution in [0.1, 0.15) is 5.56 Å². The van der Waals surface area contributed by atoms with Crippen LogP contribution in [0.3, 0.4) is 0 Å². The van der Waals surface area contributed by atoms with Crippen LogP contribution in [-0.4, -0.2) is 24.7 Å². The lowest BCUT2D eigenvalue weighted by atomic mass is 10.1. The van der Waals surface area contributed by atoms with Crippen molar-refractivity contribution in [2.24, 2.45) is 0 Å². The molecule has 0 atom stereocenters. The predicted molar refractivity (Wildman–Crippen MR) is 135 cm³/mol. The highest BCUT2D eigenvalue weighted by Gasteiger charge is 2.15. The number of aryl methyl sites for hydroxylation is 1. The first-order chi connectivity index (χ1) is 16.8. The Labute approximate surface area is 207 Å². The third-order valence-electron chi connectivity index (χ3n) is 5.22. The molecule has 0 saturated carbocycles. The topological polar surface area (TPSA) is 129 Å². The van der Waals surface area contributed by atoms with Gasteiger partial charge >= 0.3 is 5.69 Å². The molecule has 9 nitrogen and oxygen atoms in total. The number of nitrogen functional groups attached to an aromatic ring is 1. The number of nitrogens with one attached hydrogen (secondary N) is 1. The quantitative estimate of drug-likeness (QED) is 0.366. The molecule has 5 rings (SSSR count). The largest absolute Gasteiger partial charge is 0.454 e. The lowest BCUT2D eigenvalue weighted by molar-refractivity contribution is 0.483. The van der Waals surface area contributed by atoms with E-state index < -0.39 is 11.2 Å². The summed E-state index contributed by atoms with van der Waals surface area (Å²) in [6.07, 6.45) is 1.73. The van der Waals surface area contributed by atoms with E-state index in [1.165, 1.54) is 12.1 Å². The summed E-state index contributed by atoms with van der Waals surface area (Å²) in [4.78, 5) is 34.8. The Morgan fingerprint density at radius 3 is 2.49 bits per heavy atom. The van der Waals surface area contributed by atoms with Gasteiger partial charge in [0, 0.05) is 11.6 Å². The van der Waals surface area contributed by atoms with Crippen molar-refractivity contribution in [2.75, 3.05) is 5.73 Å². The van der Waals surface area contributed by atoms with E-state index in [0.717, 1.165) is 32.5 Å². The van der Waals surface area contributed by atoms with Crippen molar-refractivity contribution in [1.29, 1.82) is 0 Å². The normalized spacial score (nSPS) is 11.1. The number of hydrogen-bond acceptors (Lipinski definition) is 7. The number of benzene rings is 2. The molecule has 3 N–H and O–H groups in total. The van der Waals surface area contributed by atoms with Crippen LogP contribution in [0, 0.1) is 6.92 Å². The second-order valence-corrected chi connectivity index (χ2v) is 8.43. The van der Waals surface area contributed by atoms with Crippen molar-refractivity contribution >= 4 is 39.9 Å². The first-order valence-corrected chi connectivity index (χ1v) is 11.0. The molecular weight excluding hydrogens is 491 g/mol. The van der Waals surface area contributed by atoms with E-state index in [4.69, 9.17) is 38.7 Å². The fourth-order valence-corrected chi connectivity index (χ4v) is 4.11. The molecule has 0 aliphatic heterocycles. The summed E-state index contributed by atoms with van der Waals surface area (Å²) in [6.45, 7) is 1.98. The molecule has 0 spiro atoms. The maximum absolute atomic E-state index is 12.1. The molecule has 3 heterocycles. The molecule has 2 aromatic carbocycles. The molecule has 0 bridgehead atoms. The van der Waals surface area contributed by atoms with Crippen LogP contribution >= 0.6 is 23.2 Å². The summed E-state index contributed by atoms with van der Waals surface area (Å²) >= 11 is 12.8. The van der Waals surface area contributed by atoms with Crippen LogP contribution in [0.4, 0.5) is 5.82 Å². The molecule has 11 heteroatoms. The molecule has 5 aromatic rings. The minimum Gasteiger partial charge on any atom is -0.454 e. The van der Waals surface area contributed by atoms with E-state index in [9.17, 15) is 9.59 Å². The van der Waals surface area contributed by atoms with Gasteiger partial charge in [-0.25, -0.2) is 9.78 Å². The molecule has 174 valence electrons. The number of aromatic nitrogens is 5. The van der Waals surface area contributed by atoms with Gasteiger partial charge in [-0.15, -0.1) is 5.10 Å². The van der Waals surface area contributed by atoms with Crippen LogP contribution in [-0.2, 0) is 0 Å². The first-order valence-electron chi connectivity index (χ1n) is 10.3. The Morgan fingerprint density at radius 2 is 1.77 bits per heavy atom. The number of ether oxygens (including phenoxy) is 1. The summed E-state index contributed by atoms with van der Waals surface area (Å²) in [6, 6.07) is 15.9. The molecule has 0 aliphatic carbocycles. The van der Waals surface area contributed by atoms with Crippen molar-refractivity contribution in [3.05, 3.63) is 97.2 Å². The highest BCUT2D eigenvalue weighted by Crippen LogP contribution is 2.39. The summed E-state index contributed by atoms with van der Waals surface area (Å²) in [7, 11) is 0. The van der Waals surface area contributed by atoms with Crippen molar-refractivity contribution < 1.29 is 4.74 Å². The Kier molecular flexibility index (Phi) is 5.72. The number of pyridine rings is 2. The fraction of sp³-hybridized carbons (Fsp3) is 0.0417. The smallest absolute Gasteiger partial charge is 0.349 e. The Morgan fingerprint density at radius 1 is 1.00 bits per heavy atom. The van der Waals surface area contributed by atoms with E-state index in [0.29, 0.717) is 5.75 Å². The number of halogens is 2. The minimum absolute atomic E-state index is 0.131. The van der Waals surface area contributed by atoms with Crippen LogP contribution in [0.2, 0.25) is 10.0 Å². The zero-order valence-electron chi connectivity index (χ0n) is 18.1. The van der Waals surface area contributed by atoms with Gasteiger partial charge in [0.2, 0.25) is 5.82 Å². The molecule has 0 amide bonds. The maximum atomic E-state index is 12.1. The Balaban J connectivity index is 1.50. The maximum Gasteiger partial charge on any atom is 0.349 e. The molecule has 3 aromatic heterocycles. The van der Waals surface area contributed by atoms with Gasteiger partial charge in [-0.1, -0.05) is 29.3 Å². The van der Waals surface area contributed by atoms with Crippen LogP contribution in [0.25, 0.3) is 28.0 Å². The van der Waals surface area contributed by atoms with E-state index in [1.54, 1.807) is 12.3 Å². The van der Waals surface area contributed by atoms with Crippen LogP contribution < -0.4 is 21.7 Å². The summed E-state index contributed by atoms with van der Waals surface area (Å²) in [5, 5.41) is 4.94. The fourth-order valence-electron chi connectivity index (χ4n) is 3.55. The van der Waals surface area contributed by atoms with Crippen LogP contribution in [0.15, 0.2) is 70.4 Å². The molecule has 0 unspecified atom stereocenters. The number of anilines is 1. The monoisotopic (exact) mass is 506 g/mol. The highest BCUT2D eigenvalue weighted by molar-refractivity contribution is 6.37. The number of H-pyrrole nitrogens is 1. The van der Waals surface area contributed by atoms with Gasteiger partial charge in [0.25, 0.3) is 5.56 Å². The Bertz CT molecular complexity index is 1690. The van der Waals surface area contributed by atoms with Crippen LogP contribution in [0.5, 0.6) is 11.5 Å². The van der Waals surface area contributed by atoms with Crippen molar-refractivity contribution in [3.8, 4) is 28.6 Å². The second kappa shape index (κ2) is 8.86. The SMILES string of the molecule is Cc1cc(-c2ccccn2)nc2ccc(Oc3c(Cl)cc(-n4nc(N)c(=O)[nH]c4=O)cc3Cl)cc12. The number of rotatable bonds is 4. The predicted octanol–water partition coefficient (Wildman–Crippen LogP) is 4.52. The number of hydrogen-bond donors (Lipinski definition) is 2. The zero-order chi connectivity index (χ0) is 24.7. The molecule has 35 heavy (non-hydrogen) atoms. The van der Waals surface area contributed by atoms with E-state index in [2.05, 4.69) is 15.1 Å². The van der Waals surface area contributed by atoms with E-state index in [1.807, 2.05) is 43.3 Å². The number of nitrogens with two attached hydrogens (primary N) is 1. The summed E-state index contributed by atoms with van der Waals surface area (Å²) < 4.78 is 6.88. The third-order valence-corrected chi connectivity index (χ3v) is 5.78. The average molecular weight is 507 g/mol. The number of aromatic amines is 1. The van der Waals surface area contributed by atoms with Gasteiger partial charge in [0.05, 0.1) is 32.6 Å². The van der Waals surface area contributed by atoms with Gasteiger partial charge in [0.1, 0.15) is 5.75 Å². The second-order valence-electron chi connectivity index (χ2n) is 7.62. The lowest BCUT2D eigenvalue weighted by Gasteiger charge is -2.13. The van der Waals surface area contributed by atoms with Crippen molar-refractivity contribution in [2.45, 2.75) is 6.92 Å². The van der Waals surface area contributed by atoms with Gasteiger partial charge in [0.15, 0.2) is 5.75 Å². The van der Waals surface area contributed by atoms with Gasteiger partial charge in [-0.2, -0.15) is 4.68 Å². The molecule has 0 aliphatic rings. The zero-order valence-corrected chi connectivity index (χ0v) is 19.6. The first kappa shape index (κ1) is 22.6. The van der Waals surface area contributed by atoms with Gasteiger partial charge in [-0.3, -0.25) is 14.8 Å². The lowest BCUT2D eigenvalue weighted by Crippen LogP contribution is -2.33. The number of nitrogens with zero attached hydrogens (tertiary/aromatic N) is 4. The van der Waals surface area contributed by atoms with Crippen molar-refractivity contribution in [1.82, 2.24) is 24.7 Å². The highest BCUT2D eigenvalue weighted by atomic mass is 35.5. The third kappa shape index (κ3) is 4.34. The minimum atomic E-state index is -0.785. The molecule has 0 saturated heterocycles. The summed E-state index contributed by atoms with van der Waals surface area (Å²) in [5.74, 6) is 0.314. The number of fused-ring (bicyclic) bond motifs is 1. The van der Waals surface area contributed by atoms with E-state index >= 15 is 0 Å².